The fourth-order valence-electron chi connectivity index (χ4n) is 2.48. The van der Waals surface area contributed by atoms with Crippen molar-refractivity contribution in [1.29, 1.82) is 0 Å². The number of halogens is 1. The Morgan fingerprint density at radius 2 is 2.39 bits per heavy atom. The number of hydrogen-bond acceptors (Lipinski definition) is 4. The average molecular weight is 271 g/mol. The molecule has 1 atom stereocenters. The van der Waals surface area contributed by atoms with Crippen molar-refractivity contribution >= 4 is 17.3 Å². The van der Waals surface area contributed by atoms with E-state index in [4.69, 9.17) is 17.3 Å². The molecule has 0 bridgehead atoms. The smallest absolute Gasteiger partial charge is 0.287 e. The van der Waals surface area contributed by atoms with Gasteiger partial charge in [-0.3, -0.25) is 4.79 Å². The van der Waals surface area contributed by atoms with Crippen molar-refractivity contribution in [2.24, 2.45) is 18.7 Å². The summed E-state index contributed by atoms with van der Waals surface area (Å²) >= 11 is 6.12. The highest BCUT2D eigenvalue weighted by atomic mass is 35.5. The Morgan fingerprint density at radius 1 is 1.61 bits per heavy atom. The predicted molar refractivity (Wildman–Crippen MR) is 73.1 cm³/mol. The summed E-state index contributed by atoms with van der Waals surface area (Å²) in [6, 6.07) is 0. The quantitative estimate of drug-likeness (QED) is 0.890. The lowest BCUT2D eigenvalue weighted by Crippen LogP contribution is -2.37. The number of piperidine rings is 1. The molecule has 0 saturated carbocycles. The Balaban J connectivity index is 2.21. The van der Waals surface area contributed by atoms with Crippen molar-refractivity contribution in [1.82, 2.24) is 9.78 Å². The van der Waals surface area contributed by atoms with Crippen LogP contribution in [0.15, 0.2) is 11.0 Å². The van der Waals surface area contributed by atoms with Crippen LogP contribution in [0.25, 0.3) is 0 Å². The minimum atomic E-state index is -0.241. The number of aryl methyl sites for hydroxylation is 1. The molecule has 100 valence electrons. The summed E-state index contributed by atoms with van der Waals surface area (Å²) in [6.07, 6.45) is 5.00. The second-order valence-corrected chi connectivity index (χ2v) is 5.18. The lowest BCUT2D eigenvalue weighted by atomic mass is 9.94. The topological polar surface area (TPSA) is 64.2 Å². The van der Waals surface area contributed by atoms with Gasteiger partial charge in [0.25, 0.3) is 5.56 Å². The first kappa shape index (κ1) is 13.4. The molecular formula is C12H19ClN4O. The van der Waals surface area contributed by atoms with Crippen LogP contribution >= 0.6 is 11.6 Å². The van der Waals surface area contributed by atoms with Crippen LogP contribution in [0.4, 0.5) is 5.69 Å². The molecule has 1 aliphatic rings. The molecule has 0 aliphatic carbocycles. The molecule has 5 nitrogen and oxygen atoms in total. The van der Waals surface area contributed by atoms with E-state index >= 15 is 0 Å². The maximum Gasteiger partial charge on any atom is 0.287 e. The minimum Gasteiger partial charge on any atom is -0.369 e. The number of nitrogens with zero attached hydrogens (tertiary/aromatic N) is 3. The fraction of sp³-hybridized carbons (Fsp3) is 0.667. The van der Waals surface area contributed by atoms with Crippen molar-refractivity contribution in [2.75, 3.05) is 24.5 Å². The molecule has 0 radical (unpaired) electrons. The first-order valence-electron chi connectivity index (χ1n) is 6.30. The number of anilines is 1. The van der Waals surface area contributed by atoms with E-state index in [1.54, 1.807) is 13.2 Å². The lowest BCUT2D eigenvalue weighted by molar-refractivity contribution is 0.395. The highest BCUT2D eigenvalue weighted by molar-refractivity contribution is 6.33. The third-order valence-electron chi connectivity index (χ3n) is 3.49. The predicted octanol–water partition coefficient (Wildman–Crippen LogP) is 0.999. The van der Waals surface area contributed by atoms with Crippen LogP contribution in [0.3, 0.4) is 0 Å². The fourth-order valence-corrected chi connectivity index (χ4v) is 2.77. The Kier molecular flexibility index (Phi) is 4.24. The molecule has 1 aliphatic heterocycles. The first-order valence-corrected chi connectivity index (χ1v) is 6.68. The SMILES string of the molecule is Cn1ncc(N2CCCC(CCN)C2)c(Cl)c1=O. The molecule has 2 heterocycles. The maximum atomic E-state index is 11.8. The molecule has 2 N–H and O–H groups in total. The molecule has 1 aromatic rings. The summed E-state index contributed by atoms with van der Waals surface area (Å²) in [7, 11) is 1.60. The Morgan fingerprint density at radius 3 is 3.11 bits per heavy atom. The van der Waals surface area contributed by atoms with E-state index in [1.165, 1.54) is 11.1 Å². The van der Waals surface area contributed by atoms with Gasteiger partial charge in [0, 0.05) is 20.1 Å². The second-order valence-electron chi connectivity index (χ2n) is 4.80. The van der Waals surface area contributed by atoms with Gasteiger partial charge in [0.1, 0.15) is 5.02 Å². The molecule has 18 heavy (non-hydrogen) atoms. The molecule has 1 saturated heterocycles. The normalized spacial score (nSPS) is 20.2. The van der Waals surface area contributed by atoms with Gasteiger partial charge in [-0.2, -0.15) is 5.10 Å². The molecule has 2 rings (SSSR count). The maximum absolute atomic E-state index is 11.8. The Hall–Kier alpha value is -1.07. The summed E-state index contributed by atoms with van der Waals surface area (Å²) in [5.41, 5.74) is 6.12. The Bertz CT molecular complexity index is 472. The van der Waals surface area contributed by atoms with Crippen LogP contribution in [-0.2, 0) is 7.05 Å². The van der Waals surface area contributed by atoms with Crippen LogP contribution in [0.1, 0.15) is 19.3 Å². The minimum absolute atomic E-state index is 0.241. The van der Waals surface area contributed by atoms with Gasteiger partial charge < -0.3 is 10.6 Å². The van der Waals surface area contributed by atoms with Crippen LogP contribution in [0.5, 0.6) is 0 Å². The average Bonchev–Trinajstić information content (AvgIpc) is 2.37. The highest BCUT2D eigenvalue weighted by Crippen LogP contribution is 2.27. The van der Waals surface area contributed by atoms with Gasteiger partial charge in [0.15, 0.2) is 0 Å². The van der Waals surface area contributed by atoms with E-state index in [0.29, 0.717) is 12.5 Å². The van der Waals surface area contributed by atoms with Gasteiger partial charge in [-0.15, -0.1) is 0 Å². The number of nitrogens with two attached hydrogens (primary N) is 1. The number of rotatable bonds is 3. The van der Waals surface area contributed by atoms with Crippen LogP contribution in [0, 0.1) is 5.92 Å². The first-order chi connectivity index (χ1) is 8.63. The Labute approximate surface area is 112 Å². The number of hydrogen-bond donors (Lipinski definition) is 1. The second kappa shape index (κ2) is 5.71. The van der Waals surface area contributed by atoms with E-state index in [-0.39, 0.29) is 10.6 Å². The van der Waals surface area contributed by atoms with Gasteiger partial charge in [-0.05, 0) is 31.7 Å². The summed E-state index contributed by atoms with van der Waals surface area (Å²) in [6.45, 7) is 2.54. The van der Waals surface area contributed by atoms with Crippen molar-refractivity contribution in [3.63, 3.8) is 0 Å². The molecule has 0 aromatic carbocycles. The van der Waals surface area contributed by atoms with E-state index in [1.807, 2.05) is 0 Å². The van der Waals surface area contributed by atoms with E-state index < -0.39 is 0 Å². The monoisotopic (exact) mass is 270 g/mol. The molecule has 0 amide bonds. The summed E-state index contributed by atoms with van der Waals surface area (Å²) in [5.74, 6) is 0.587. The summed E-state index contributed by atoms with van der Waals surface area (Å²) in [4.78, 5) is 13.9. The van der Waals surface area contributed by atoms with Gasteiger partial charge in [-0.1, -0.05) is 11.6 Å². The molecule has 1 aromatic heterocycles. The molecule has 1 fully saturated rings. The largest absolute Gasteiger partial charge is 0.369 e. The standard InChI is InChI=1S/C12H19ClN4O/c1-16-12(18)11(13)10(7-15-16)17-6-2-3-9(8-17)4-5-14/h7,9H,2-6,8,14H2,1H3. The zero-order chi connectivity index (χ0) is 13.1. The van der Waals surface area contributed by atoms with E-state index in [9.17, 15) is 4.79 Å². The van der Waals surface area contributed by atoms with Crippen molar-refractivity contribution in [3.05, 3.63) is 21.6 Å². The van der Waals surface area contributed by atoms with Crippen molar-refractivity contribution in [2.45, 2.75) is 19.3 Å². The van der Waals surface area contributed by atoms with Crippen molar-refractivity contribution in [3.8, 4) is 0 Å². The zero-order valence-corrected chi connectivity index (χ0v) is 11.4. The van der Waals surface area contributed by atoms with Gasteiger partial charge in [0.2, 0.25) is 0 Å². The molecule has 0 spiro atoms. The van der Waals surface area contributed by atoms with Crippen LogP contribution < -0.4 is 16.2 Å². The van der Waals surface area contributed by atoms with Crippen molar-refractivity contribution < 1.29 is 0 Å². The highest BCUT2D eigenvalue weighted by Gasteiger charge is 2.22. The summed E-state index contributed by atoms with van der Waals surface area (Å²) in [5, 5.41) is 4.30. The van der Waals surface area contributed by atoms with E-state index in [0.717, 1.165) is 31.6 Å². The van der Waals surface area contributed by atoms with Gasteiger partial charge in [0.05, 0.1) is 11.9 Å². The zero-order valence-electron chi connectivity index (χ0n) is 10.6. The van der Waals surface area contributed by atoms with Crippen LogP contribution in [-0.4, -0.2) is 29.4 Å². The van der Waals surface area contributed by atoms with E-state index in [2.05, 4.69) is 10.00 Å². The molecular weight excluding hydrogens is 252 g/mol. The summed E-state index contributed by atoms with van der Waals surface area (Å²) < 4.78 is 1.26. The van der Waals surface area contributed by atoms with Gasteiger partial charge >= 0.3 is 0 Å². The third kappa shape index (κ3) is 2.67. The van der Waals surface area contributed by atoms with Crippen LogP contribution in [0.2, 0.25) is 5.02 Å². The molecule has 1 unspecified atom stereocenters. The lowest BCUT2D eigenvalue weighted by Gasteiger charge is -2.34. The molecule has 6 heteroatoms. The van der Waals surface area contributed by atoms with Gasteiger partial charge in [-0.25, -0.2) is 4.68 Å². The number of aromatic nitrogens is 2. The third-order valence-corrected chi connectivity index (χ3v) is 3.85.